The van der Waals surface area contributed by atoms with Crippen LogP contribution >= 0.6 is 0 Å². The Balaban J connectivity index is 1.46. The van der Waals surface area contributed by atoms with Crippen molar-refractivity contribution in [3.05, 3.63) is 83.2 Å². The highest BCUT2D eigenvalue weighted by Gasteiger charge is 2.22. The molecule has 36 heavy (non-hydrogen) atoms. The molecule has 1 unspecified atom stereocenters. The largest absolute Gasteiger partial charge is 0.356 e. The highest BCUT2D eigenvalue weighted by atomic mass is 16.5. The number of hydrogen-bond donors (Lipinski definition) is 0. The fourth-order valence-electron chi connectivity index (χ4n) is 5.04. The zero-order valence-electron chi connectivity index (χ0n) is 21.3. The second kappa shape index (κ2) is 9.03. The lowest BCUT2D eigenvalue weighted by Crippen LogP contribution is -2.19. The Hall–Kier alpha value is -3.77. The molecule has 1 saturated heterocycles. The summed E-state index contributed by atoms with van der Waals surface area (Å²) in [5, 5.41) is 11.0. The van der Waals surface area contributed by atoms with Gasteiger partial charge in [-0.15, -0.1) is 5.10 Å². The van der Waals surface area contributed by atoms with Gasteiger partial charge in [0.05, 0.1) is 11.2 Å². The lowest BCUT2D eigenvalue weighted by molar-refractivity contribution is -0.0365. The number of fused-ring (bicyclic) bond motifs is 1. The number of rotatable bonds is 4. The summed E-state index contributed by atoms with van der Waals surface area (Å²) >= 11 is 0. The number of ether oxygens (including phenoxy) is 1. The number of hydrogen-bond acceptors (Lipinski definition) is 4. The fraction of sp³-hybridized carbons (Fsp3) is 0.300. The smallest absolute Gasteiger partial charge is 0.181 e. The van der Waals surface area contributed by atoms with Gasteiger partial charge in [-0.3, -0.25) is 0 Å². The molecule has 0 N–H and O–H groups in total. The Labute approximate surface area is 211 Å². The van der Waals surface area contributed by atoms with E-state index in [0.717, 1.165) is 59.3 Å². The third kappa shape index (κ3) is 3.91. The van der Waals surface area contributed by atoms with Crippen molar-refractivity contribution in [3.8, 4) is 28.3 Å². The third-order valence-electron chi connectivity index (χ3n) is 7.49. The molecule has 1 atom stereocenters. The van der Waals surface area contributed by atoms with E-state index in [1.807, 2.05) is 4.68 Å². The molecule has 1 fully saturated rings. The van der Waals surface area contributed by atoms with Crippen molar-refractivity contribution in [2.75, 3.05) is 6.61 Å². The van der Waals surface area contributed by atoms with Crippen LogP contribution in [0.4, 0.5) is 0 Å². The molecular weight excluding hydrogens is 446 g/mol. The van der Waals surface area contributed by atoms with E-state index in [9.17, 15) is 0 Å². The van der Waals surface area contributed by atoms with E-state index >= 15 is 0 Å². The van der Waals surface area contributed by atoms with Crippen molar-refractivity contribution in [1.29, 1.82) is 0 Å². The van der Waals surface area contributed by atoms with E-state index in [4.69, 9.17) is 14.9 Å². The molecule has 1 aliphatic rings. The minimum Gasteiger partial charge on any atom is -0.356 e. The quantitative estimate of drug-likeness (QED) is 0.283. The van der Waals surface area contributed by atoms with Gasteiger partial charge in [0, 0.05) is 23.1 Å². The average molecular weight is 478 g/mol. The summed E-state index contributed by atoms with van der Waals surface area (Å²) in [5.41, 5.74) is 10.2. The average Bonchev–Trinajstić information content (AvgIpc) is 3.54. The van der Waals surface area contributed by atoms with Gasteiger partial charge in [0.25, 0.3) is 0 Å². The second-order valence-corrected chi connectivity index (χ2v) is 9.88. The highest BCUT2D eigenvalue weighted by molar-refractivity contribution is 5.95. The number of nitrogens with zero attached hydrogens (tertiary/aromatic N) is 5. The third-order valence-corrected chi connectivity index (χ3v) is 7.49. The zero-order chi connectivity index (χ0) is 24.8. The molecule has 6 rings (SSSR count). The van der Waals surface area contributed by atoms with E-state index in [0.29, 0.717) is 5.82 Å². The van der Waals surface area contributed by atoms with Crippen molar-refractivity contribution in [2.45, 2.75) is 53.2 Å². The molecule has 6 heteroatoms. The van der Waals surface area contributed by atoms with E-state index < -0.39 is 0 Å². The maximum atomic E-state index is 6.11. The van der Waals surface area contributed by atoms with Gasteiger partial charge < -0.3 is 4.74 Å². The molecule has 1 aliphatic heterocycles. The van der Waals surface area contributed by atoms with Gasteiger partial charge in [0.2, 0.25) is 0 Å². The van der Waals surface area contributed by atoms with Gasteiger partial charge in [0.1, 0.15) is 12.0 Å². The molecule has 0 amide bonds. The SMILES string of the molecule is Cc1ccc(-c2nn(C3CCCCO3)c3ccc(-c4ncn(-c5ccc(C)c(C)c5C)n4)cc23)cc1. The van der Waals surface area contributed by atoms with E-state index in [-0.39, 0.29) is 6.23 Å². The molecule has 182 valence electrons. The summed E-state index contributed by atoms with van der Waals surface area (Å²) in [6.07, 6.45) is 5.02. The Morgan fingerprint density at radius 1 is 0.833 bits per heavy atom. The monoisotopic (exact) mass is 477 g/mol. The number of aryl methyl sites for hydroxylation is 2. The molecule has 5 aromatic rings. The predicted molar refractivity (Wildman–Crippen MR) is 143 cm³/mol. The molecule has 6 nitrogen and oxygen atoms in total. The van der Waals surface area contributed by atoms with Gasteiger partial charge in [-0.25, -0.2) is 14.3 Å². The van der Waals surface area contributed by atoms with Crippen molar-refractivity contribution in [1.82, 2.24) is 24.5 Å². The molecule has 3 aromatic carbocycles. The lowest BCUT2D eigenvalue weighted by Gasteiger charge is -2.23. The first-order valence-corrected chi connectivity index (χ1v) is 12.7. The van der Waals surface area contributed by atoms with Crippen LogP contribution in [0.5, 0.6) is 0 Å². The summed E-state index contributed by atoms with van der Waals surface area (Å²) in [7, 11) is 0. The van der Waals surface area contributed by atoms with Crippen LogP contribution in [0.3, 0.4) is 0 Å². The second-order valence-electron chi connectivity index (χ2n) is 9.88. The Kier molecular flexibility index (Phi) is 5.69. The summed E-state index contributed by atoms with van der Waals surface area (Å²) in [4.78, 5) is 4.67. The maximum Gasteiger partial charge on any atom is 0.181 e. The van der Waals surface area contributed by atoms with Crippen LogP contribution in [0, 0.1) is 27.7 Å². The maximum absolute atomic E-state index is 6.11. The van der Waals surface area contributed by atoms with Crippen molar-refractivity contribution in [3.63, 3.8) is 0 Å². The van der Waals surface area contributed by atoms with Crippen LogP contribution < -0.4 is 0 Å². The standard InChI is InChI=1S/C30H31N5O/c1-19-8-11-23(12-9-19)29-25-17-24(13-15-27(25)35(32-29)28-7-5-6-16-36-28)30-31-18-34(33-30)26-14-10-20(2)21(3)22(26)4/h8-15,17-18,28H,5-7,16H2,1-4H3. The summed E-state index contributed by atoms with van der Waals surface area (Å²) in [6, 6.07) is 19.2. The van der Waals surface area contributed by atoms with Crippen LogP contribution in [0.2, 0.25) is 0 Å². The molecule has 2 aromatic heterocycles. The first-order valence-electron chi connectivity index (χ1n) is 12.7. The summed E-state index contributed by atoms with van der Waals surface area (Å²) < 4.78 is 10.1. The molecule has 0 radical (unpaired) electrons. The molecule has 0 aliphatic carbocycles. The normalized spacial score (nSPS) is 16.1. The van der Waals surface area contributed by atoms with Crippen molar-refractivity contribution in [2.24, 2.45) is 0 Å². The van der Waals surface area contributed by atoms with Crippen LogP contribution in [-0.4, -0.2) is 31.2 Å². The lowest BCUT2D eigenvalue weighted by atomic mass is 10.0. The Morgan fingerprint density at radius 3 is 2.42 bits per heavy atom. The minimum atomic E-state index is -0.0311. The Bertz CT molecular complexity index is 1550. The fourth-order valence-corrected chi connectivity index (χ4v) is 5.04. The van der Waals surface area contributed by atoms with Crippen LogP contribution in [-0.2, 0) is 4.74 Å². The van der Waals surface area contributed by atoms with Crippen molar-refractivity contribution < 1.29 is 4.74 Å². The molecule has 0 saturated carbocycles. The van der Waals surface area contributed by atoms with Gasteiger partial charge in [-0.05, 0) is 87.9 Å². The van der Waals surface area contributed by atoms with Crippen LogP contribution in [0.1, 0.15) is 47.7 Å². The van der Waals surface area contributed by atoms with E-state index in [1.165, 1.54) is 22.3 Å². The van der Waals surface area contributed by atoms with Gasteiger partial charge >= 0.3 is 0 Å². The van der Waals surface area contributed by atoms with E-state index in [2.05, 4.69) is 92.0 Å². The van der Waals surface area contributed by atoms with Crippen LogP contribution in [0.25, 0.3) is 39.2 Å². The van der Waals surface area contributed by atoms with Gasteiger partial charge in [-0.2, -0.15) is 5.10 Å². The van der Waals surface area contributed by atoms with Gasteiger partial charge in [0.15, 0.2) is 12.1 Å². The molecule has 0 bridgehead atoms. The number of benzene rings is 3. The Morgan fingerprint density at radius 2 is 1.64 bits per heavy atom. The molecule has 3 heterocycles. The first kappa shape index (κ1) is 22.7. The van der Waals surface area contributed by atoms with E-state index in [1.54, 1.807) is 6.33 Å². The predicted octanol–water partition coefficient (Wildman–Crippen LogP) is 6.88. The minimum absolute atomic E-state index is 0.0311. The first-order chi connectivity index (χ1) is 17.5. The van der Waals surface area contributed by atoms with Crippen LogP contribution in [0.15, 0.2) is 60.9 Å². The zero-order valence-corrected chi connectivity index (χ0v) is 21.3. The molecular formula is C30H31N5O. The van der Waals surface area contributed by atoms with Gasteiger partial charge in [-0.1, -0.05) is 35.9 Å². The van der Waals surface area contributed by atoms with Crippen molar-refractivity contribution >= 4 is 10.9 Å². The summed E-state index contributed by atoms with van der Waals surface area (Å²) in [6.45, 7) is 9.32. The number of aromatic nitrogens is 5. The topological polar surface area (TPSA) is 57.8 Å². The molecule has 0 spiro atoms. The summed E-state index contributed by atoms with van der Waals surface area (Å²) in [5.74, 6) is 0.700. The highest BCUT2D eigenvalue weighted by Crippen LogP contribution is 2.35.